The van der Waals surface area contributed by atoms with Gasteiger partial charge in [-0.05, 0) is 13.0 Å². The van der Waals surface area contributed by atoms with Gasteiger partial charge in [0.1, 0.15) is 11.5 Å². The quantitative estimate of drug-likeness (QED) is 0.602. The number of piperazine rings is 1. The number of allylic oxidation sites excluding steroid dienone is 1. The van der Waals surface area contributed by atoms with E-state index in [-0.39, 0.29) is 5.91 Å². The van der Waals surface area contributed by atoms with Crippen molar-refractivity contribution in [2.24, 2.45) is 0 Å². The third-order valence-corrected chi connectivity index (χ3v) is 5.28. The summed E-state index contributed by atoms with van der Waals surface area (Å²) in [5.74, 6) is 1.48. The van der Waals surface area contributed by atoms with E-state index in [0.717, 1.165) is 24.6 Å². The molecule has 0 aliphatic carbocycles. The van der Waals surface area contributed by atoms with Crippen molar-refractivity contribution in [3.05, 3.63) is 42.7 Å². The predicted octanol–water partition coefficient (Wildman–Crippen LogP) is 1.45. The van der Waals surface area contributed by atoms with Gasteiger partial charge in [-0.3, -0.25) is 14.2 Å². The summed E-state index contributed by atoms with van der Waals surface area (Å²) in [6.07, 6.45) is 8.75. The molecule has 2 N–H and O–H groups in total. The Labute approximate surface area is 180 Å². The number of fused-ring (bicyclic) bond motifs is 1. The monoisotopic (exact) mass is 419 g/mol. The summed E-state index contributed by atoms with van der Waals surface area (Å²) in [6.45, 7) is 6.15. The Morgan fingerprint density at radius 2 is 1.90 bits per heavy atom. The predicted molar refractivity (Wildman–Crippen MR) is 119 cm³/mol. The van der Waals surface area contributed by atoms with Crippen molar-refractivity contribution in [2.45, 2.75) is 13.8 Å². The van der Waals surface area contributed by atoms with Gasteiger partial charge < -0.3 is 20.5 Å². The molecule has 4 rings (SSSR count). The zero-order chi connectivity index (χ0) is 22.0. The van der Waals surface area contributed by atoms with E-state index in [2.05, 4.69) is 25.2 Å². The second-order valence-corrected chi connectivity index (χ2v) is 7.35. The lowest BCUT2D eigenvalue weighted by molar-refractivity contribution is -0.129. The maximum atomic E-state index is 11.6. The summed E-state index contributed by atoms with van der Waals surface area (Å²) >= 11 is 0. The molecule has 0 saturated carbocycles. The summed E-state index contributed by atoms with van der Waals surface area (Å²) in [5.41, 5.74) is 3.18. The van der Waals surface area contributed by atoms with Crippen LogP contribution in [0.3, 0.4) is 0 Å². The van der Waals surface area contributed by atoms with Gasteiger partial charge in [0.05, 0.1) is 18.1 Å². The molecule has 1 fully saturated rings. The highest BCUT2D eigenvalue weighted by Gasteiger charge is 2.20. The number of imidazole rings is 1. The molecule has 4 heterocycles. The summed E-state index contributed by atoms with van der Waals surface area (Å²) in [4.78, 5) is 33.7. The van der Waals surface area contributed by atoms with Crippen LogP contribution in [0.4, 0.5) is 5.82 Å². The molecule has 3 aromatic rings. The maximum Gasteiger partial charge on any atom is 0.219 e. The fourth-order valence-electron chi connectivity index (χ4n) is 3.61. The van der Waals surface area contributed by atoms with Gasteiger partial charge in [0, 0.05) is 70.0 Å². The average Bonchev–Trinajstić information content (AvgIpc) is 3.20. The zero-order valence-corrected chi connectivity index (χ0v) is 17.8. The first-order valence-electron chi connectivity index (χ1n) is 10.1. The molecule has 3 aromatic heterocycles. The second kappa shape index (κ2) is 8.50. The van der Waals surface area contributed by atoms with Crippen molar-refractivity contribution in [1.82, 2.24) is 34.6 Å². The molecular weight excluding hydrogens is 394 g/mol. The molecule has 0 aromatic carbocycles. The number of carbonyl (C=O) groups excluding carboxylic acids is 1. The van der Waals surface area contributed by atoms with Gasteiger partial charge in [-0.25, -0.2) is 15.0 Å². The molecule has 160 valence electrons. The van der Waals surface area contributed by atoms with Gasteiger partial charge in [-0.2, -0.15) is 0 Å². The van der Waals surface area contributed by atoms with Gasteiger partial charge in [-0.1, -0.05) is 0 Å². The van der Waals surface area contributed by atoms with Crippen molar-refractivity contribution in [1.29, 1.82) is 5.41 Å². The highest BCUT2D eigenvalue weighted by molar-refractivity contribution is 6.20. The fourth-order valence-corrected chi connectivity index (χ4v) is 3.61. The molecule has 10 nitrogen and oxygen atoms in total. The van der Waals surface area contributed by atoms with Crippen LogP contribution in [0.15, 0.2) is 37.1 Å². The number of nitrogens with one attached hydrogen (secondary N) is 2. The fraction of sp³-hybridized carbons (Fsp3) is 0.333. The SMILES string of the molecule is CN/C=C(\C(C)=N)c1cn2c(-c3nccc(N4CCN(C(C)=O)CC4)n3)cnc2cn1. The van der Waals surface area contributed by atoms with Crippen LogP contribution in [0.5, 0.6) is 0 Å². The molecule has 10 heteroatoms. The second-order valence-electron chi connectivity index (χ2n) is 7.35. The Morgan fingerprint density at radius 1 is 1.13 bits per heavy atom. The van der Waals surface area contributed by atoms with E-state index < -0.39 is 0 Å². The lowest BCUT2D eigenvalue weighted by Gasteiger charge is -2.34. The number of aromatic nitrogens is 5. The van der Waals surface area contributed by atoms with E-state index in [1.165, 1.54) is 0 Å². The molecular formula is C21H25N9O. The minimum absolute atomic E-state index is 0.102. The van der Waals surface area contributed by atoms with Crippen molar-refractivity contribution < 1.29 is 4.79 Å². The molecule has 0 unspecified atom stereocenters. The van der Waals surface area contributed by atoms with Gasteiger partial charge in [0.15, 0.2) is 11.5 Å². The molecule has 0 radical (unpaired) electrons. The Morgan fingerprint density at radius 3 is 2.58 bits per heavy atom. The minimum Gasteiger partial charge on any atom is -0.393 e. The van der Waals surface area contributed by atoms with Crippen LogP contribution < -0.4 is 10.2 Å². The average molecular weight is 419 g/mol. The summed E-state index contributed by atoms with van der Waals surface area (Å²) in [7, 11) is 1.79. The van der Waals surface area contributed by atoms with Crippen LogP contribution in [0.1, 0.15) is 19.5 Å². The number of hydrogen-bond donors (Lipinski definition) is 2. The maximum absolute atomic E-state index is 11.6. The van der Waals surface area contributed by atoms with E-state index in [1.54, 1.807) is 45.7 Å². The first kappa shape index (κ1) is 20.5. The summed E-state index contributed by atoms with van der Waals surface area (Å²) in [5, 5.41) is 11.0. The molecule has 1 aliphatic heterocycles. The molecule has 0 bridgehead atoms. The molecule has 1 aliphatic rings. The summed E-state index contributed by atoms with van der Waals surface area (Å²) < 4.78 is 1.89. The molecule has 31 heavy (non-hydrogen) atoms. The number of rotatable bonds is 5. The van der Waals surface area contributed by atoms with Gasteiger partial charge in [0.2, 0.25) is 5.91 Å². The molecule has 1 saturated heterocycles. The zero-order valence-electron chi connectivity index (χ0n) is 17.8. The van der Waals surface area contributed by atoms with E-state index in [9.17, 15) is 4.79 Å². The Kier molecular flexibility index (Phi) is 5.61. The van der Waals surface area contributed by atoms with Crippen molar-refractivity contribution >= 4 is 28.7 Å². The first-order valence-corrected chi connectivity index (χ1v) is 10.1. The van der Waals surface area contributed by atoms with Crippen LogP contribution in [-0.2, 0) is 4.79 Å². The number of nitrogens with zero attached hydrogens (tertiary/aromatic N) is 7. The van der Waals surface area contributed by atoms with Crippen molar-refractivity contribution in [3.8, 4) is 11.5 Å². The van der Waals surface area contributed by atoms with Crippen LogP contribution in [-0.4, -0.2) is 74.1 Å². The van der Waals surface area contributed by atoms with Crippen LogP contribution in [0.25, 0.3) is 22.7 Å². The lowest BCUT2D eigenvalue weighted by atomic mass is 10.1. The third-order valence-electron chi connectivity index (χ3n) is 5.28. The van der Waals surface area contributed by atoms with Crippen molar-refractivity contribution in [3.63, 3.8) is 0 Å². The largest absolute Gasteiger partial charge is 0.393 e. The number of hydrogen-bond acceptors (Lipinski definition) is 8. The molecule has 1 amide bonds. The number of amides is 1. The Balaban J connectivity index is 1.67. The molecule has 0 spiro atoms. The highest BCUT2D eigenvalue weighted by atomic mass is 16.2. The van der Waals surface area contributed by atoms with Crippen LogP contribution in [0, 0.1) is 5.41 Å². The van der Waals surface area contributed by atoms with Crippen molar-refractivity contribution in [2.75, 3.05) is 38.1 Å². The van der Waals surface area contributed by atoms with Gasteiger partial charge >= 0.3 is 0 Å². The number of anilines is 1. The van der Waals surface area contributed by atoms with Crippen LogP contribution in [0.2, 0.25) is 0 Å². The third kappa shape index (κ3) is 4.09. The lowest BCUT2D eigenvalue weighted by Crippen LogP contribution is -2.48. The topological polar surface area (TPSA) is 115 Å². The normalized spacial score (nSPS) is 14.7. The standard InChI is InChI=1S/C21H25N9O/c1-14(22)16(10-23-3)17-13-30-18(11-26-20(30)12-25-17)21-24-5-4-19(27-21)29-8-6-28(7-9-29)15(2)31/h4-5,10-13,22-23H,6-9H2,1-3H3/b16-10+,22-14?. The van der Waals surface area contributed by atoms with E-state index in [1.807, 2.05) is 21.6 Å². The smallest absolute Gasteiger partial charge is 0.219 e. The van der Waals surface area contributed by atoms with Crippen LogP contribution >= 0.6 is 0 Å². The molecule has 0 atom stereocenters. The minimum atomic E-state index is 0.102. The van der Waals surface area contributed by atoms with Gasteiger partial charge in [0.25, 0.3) is 0 Å². The van der Waals surface area contributed by atoms with Gasteiger partial charge in [-0.15, -0.1) is 0 Å². The first-order chi connectivity index (χ1) is 15.0. The highest BCUT2D eigenvalue weighted by Crippen LogP contribution is 2.22. The van der Waals surface area contributed by atoms with E-state index >= 15 is 0 Å². The Hall–Kier alpha value is -3.82. The van der Waals surface area contributed by atoms with E-state index in [0.29, 0.717) is 41.5 Å². The van der Waals surface area contributed by atoms with E-state index in [4.69, 9.17) is 10.4 Å². The summed E-state index contributed by atoms with van der Waals surface area (Å²) in [6, 6.07) is 1.88. The Bertz CT molecular complexity index is 1160. The number of carbonyl (C=O) groups is 1.